The maximum atomic E-state index is 5.78. The summed E-state index contributed by atoms with van der Waals surface area (Å²) in [4.78, 5) is 4.37. The van der Waals surface area contributed by atoms with Crippen molar-refractivity contribution in [3.8, 4) is 5.75 Å². The van der Waals surface area contributed by atoms with E-state index in [1.165, 1.54) is 37.7 Å². The van der Waals surface area contributed by atoms with Crippen molar-refractivity contribution in [2.75, 3.05) is 7.05 Å². The Morgan fingerprint density at radius 3 is 2.50 bits per heavy atom. The molecule has 0 bridgehead atoms. The van der Waals surface area contributed by atoms with Gasteiger partial charge in [-0.25, -0.2) is 0 Å². The standard InChI is InChI=1S/C17H28N2O/c1-13(2)20-15-10-14(11-19-12-15)16(18-4)17(3)8-6-5-7-9-17/h10-13,16,18H,5-9H2,1-4H3. The number of hydrogen-bond donors (Lipinski definition) is 1. The van der Waals surface area contributed by atoms with Crippen molar-refractivity contribution in [3.63, 3.8) is 0 Å². The highest BCUT2D eigenvalue weighted by Crippen LogP contribution is 2.45. The van der Waals surface area contributed by atoms with Crippen LogP contribution in [0.3, 0.4) is 0 Å². The first-order chi connectivity index (χ1) is 9.55. The van der Waals surface area contributed by atoms with Crippen LogP contribution in [0.1, 0.15) is 64.5 Å². The Kier molecular flexibility index (Phi) is 5.03. The predicted molar refractivity (Wildman–Crippen MR) is 83.0 cm³/mol. The molecule has 0 saturated heterocycles. The van der Waals surface area contributed by atoms with Gasteiger partial charge in [0, 0.05) is 12.2 Å². The van der Waals surface area contributed by atoms with E-state index in [-0.39, 0.29) is 6.10 Å². The maximum Gasteiger partial charge on any atom is 0.138 e. The number of aromatic nitrogens is 1. The first kappa shape index (κ1) is 15.3. The highest BCUT2D eigenvalue weighted by Gasteiger charge is 2.35. The van der Waals surface area contributed by atoms with E-state index >= 15 is 0 Å². The van der Waals surface area contributed by atoms with Crippen LogP contribution in [0, 0.1) is 5.41 Å². The zero-order valence-corrected chi connectivity index (χ0v) is 13.3. The van der Waals surface area contributed by atoms with E-state index in [1.807, 2.05) is 20.0 Å². The summed E-state index contributed by atoms with van der Waals surface area (Å²) in [5, 5.41) is 3.51. The molecular weight excluding hydrogens is 248 g/mol. The zero-order valence-electron chi connectivity index (χ0n) is 13.3. The minimum absolute atomic E-state index is 0.186. The molecule has 1 aromatic rings. The minimum atomic E-state index is 0.186. The van der Waals surface area contributed by atoms with Gasteiger partial charge in [0.05, 0.1) is 12.3 Å². The van der Waals surface area contributed by atoms with Gasteiger partial charge in [0.1, 0.15) is 5.75 Å². The van der Waals surface area contributed by atoms with Crippen molar-refractivity contribution in [1.29, 1.82) is 0 Å². The predicted octanol–water partition coefficient (Wildman–Crippen LogP) is 4.10. The lowest BCUT2D eigenvalue weighted by Gasteiger charge is -2.41. The highest BCUT2D eigenvalue weighted by molar-refractivity contribution is 5.27. The van der Waals surface area contributed by atoms with E-state index < -0.39 is 0 Å². The number of nitrogens with zero attached hydrogens (tertiary/aromatic N) is 1. The van der Waals surface area contributed by atoms with Gasteiger partial charge in [-0.3, -0.25) is 4.98 Å². The summed E-state index contributed by atoms with van der Waals surface area (Å²) in [6.07, 6.45) is 10.6. The van der Waals surface area contributed by atoms with Crippen molar-refractivity contribution in [2.24, 2.45) is 5.41 Å². The van der Waals surface area contributed by atoms with Gasteiger partial charge < -0.3 is 10.1 Å². The largest absolute Gasteiger partial charge is 0.489 e. The van der Waals surface area contributed by atoms with Gasteiger partial charge >= 0.3 is 0 Å². The van der Waals surface area contributed by atoms with Crippen molar-refractivity contribution in [1.82, 2.24) is 10.3 Å². The third-order valence-electron chi connectivity index (χ3n) is 4.42. The number of pyridine rings is 1. The van der Waals surface area contributed by atoms with E-state index in [0.717, 1.165) is 5.75 Å². The second-order valence-corrected chi connectivity index (χ2v) is 6.56. The lowest BCUT2D eigenvalue weighted by Crippen LogP contribution is -2.36. The van der Waals surface area contributed by atoms with Gasteiger partial charge in [-0.05, 0) is 50.8 Å². The van der Waals surface area contributed by atoms with Crippen LogP contribution in [0.25, 0.3) is 0 Å². The van der Waals surface area contributed by atoms with Crippen molar-refractivity contribution in [3.05, 3.63) is 24.0 Å². The van der Waals surface area contributed by atoms with Crippen molar-refractivity contribution < 1.29 is 4.74 Å². The topological polar surface area (TPSA) is 34.2 Å². The Balaban J connectivity index is 2.22. The third-order valence-corrected chi connectivity index (χ3v) is 4.42. The molecule has 1 aliphatic carbocycles. The molecule has 2 rings (SSSR count). The Morgan fingerprint density at radius 1 is 1.20 bits per heavy atom. The van der Waals surface area contributed by atoms with Crippen LogP contribution in [0.2, 0.25) is 0 Å². The molecule has 0 aliphatic heterocycles. The summed E-state index contributed by atoms with van der Waals surface area (Å²) in [5.74, 6) is 0.872. The molecule has 1 aliphatic rings. The highest BCUT2D eigenvalue weighted by atomic mass is 16.5. The van der Waals surface area contributed by atoms with Crippen molar-refractivity contribution in [2.45, 2.75) is 65.0 Å². The van der Waals surface area contributed by atoms with E-state index in [4.69, 9.17) is 4.74 Å². The summed E-state index contributed by atoms with van der Waals surface area (Å²) in [6, 6.07) is 2.50. The van der Waals surface area contributed by atoms with Crippen LogP contribution >= 0.6 is 0 Å². The summed E-state index contributed by atoms with van der Waals surface area (Å²) < 4.78 is 5.78. The average Bonchev–Trinajstić information content (AvgIpc) is 2.39. The molecule has 1 atom stereocenters. The minimum Gasteiger partial charge on any atom is -0.489 e. The second-order valence-electron chi connectivity index (χ2n) is 6.56. The molecule has 1 N–H and O–H groups in total. The van der Waals surface area contributed by atoms with E-state index in [9.17, 15) is 0 Å². The maximum absolute atomic E-state index is 5.78. The monoisotopic (exact) mass is 276 g/mol. The van der Waals surface area contributed by atoms with Crippen molar-refractivity contribution >= 4 is 0 Å². The summed E-state index contributed by atoms with van der Waals surface area (Å²) in [7, 11) is 2.06. The molecule has 20 heavy (non-hydrogen) atoms. The molecule has 0 radical (unpaired) electrons. The zero-order chi connectivity index (χ0) is 14.6. The fourth-order valence-electron chi connectivity index (χ4n) is 3.50. The average molecular weight is 276 g/mol. The van der Waals surface area contributed by atoms with Gasteiger partial charge in [0.2, 0.25) is 0 Å². The molecule has 3 nitrogen and oxygen atoms in total. The lowest BCUT2D eigenvalue weighted by atomic mass is 9.69. The van der Waals surface area contributed by atoms with Crippen LogP contribution in [-0.2, 0) is 0 Å². The fourth-order valence-corrected chi connectivity index (χ4v) is 3.50. The first-order valence-corrected chi connectivity index (χ1v) is 7.84. The molecule has 1 heterocycles. The normalized spacial score (nSPS) is 19.9. The third kappa shape index (κ3) is 3.51. The number of hydrogen-bond acceptors (Lipinski definition) is 3. The molecule has 1 fully saturated rings. The van der Waals surface area contributed by atoms with Crippen LogP contribution in [0.5, 0.6) is 5.75 Å². The van der Waals surface area contributed by atoms with Gasteiger partial charge in [-0.15, -0.1) is 0 Å². The van der Waals surface area contributed by atoms with Gasteiger partial charge in [-0.1, -0.05) is 26.2 Å². The van der Waals surface area contributed by atoms with Crippen LogP contribution < -0.4 is 10.1 Å². The fraction of sp³-hybridized carbons (Fsp3) is 0.706. The van der Waals surface area contributed by atoms with E-state index in [2.05, 4.69) is 30.3 Å². The molecular formula is C17H28N2O. The molecule has 1 aromatic heterocycles. The Bertz CT molecular complexity index is 425. The second kappa shape index (κ2) is 6.57. The molecule has 0 amide bonds. The number of ether oxygens (including phenoxy) is 1. The molecule has 0 aromatic carbocycles. The van der Waals surface area contributed by atoms with Gasteiger partial charge in [0.25, 0.3) is 0 Å². The van der Waals surface area contributed by atoms with E-state index in [0.29, 0.717) is 11.5 Å². The molecule has 3 heteroatoms. The summed E-state index contributed by atoms with van der Waals surface area (Å²) in [5.41, 5.74) is 1.57. The SMILES string of the molecule is CNC(c1cncc(OC(C)C)c1)C1(C)CCCCC1. The Hall–Kier alpha value is -1.09. The summed E-state index contributed by atoms with van der Waals surface area (Å²) in [6.45, 7) is 6.50. The first-order valence-electron chi connectivity index (χ1n) is 7.84. The van der Waals surface area contributed by atoms with Gasteiger partial charge in [0.15, 0.2) is 0 Å². The van der Waals surface area contributed by atoms with Crippen LogP contribution in [0.15, 0.2) is 18.5 Å². The molecule has 0 spiro atoms. The Labute approximate surface area is 123 Å². The smallest absolute Gasteiger partial charge is 0.138 e. The number of rotatable bonds is 5. The molecule has 1 saturated carbocycles. The molecule has 112 valence electrons. The summed E-state index contributed by atoms with van der Waals surface area (Å²) >= 11 is 0. The van der Waals surface area contributed by atoms with Crippen LogP contribution in [0.4, 0.5) is 0 Å². The quantitative estimate of drug-likeness (QED) is 0.879. The molecule has 1 unspecified atom stereocenters. The van der Waals surface area contributed by atoms with Gasteiger partial charge in [-0.2, -0.15) is 0 Å². The lowest BCUT2D eigenvalue weighted by molar-refractivity contribution is 0.149. The Morgan fingerprint density at radius 2 is 1.90 bits per heavy atom. The van der Waals surface area contributed by atoms with Crippen LogP contribution in [-0.4, -0.2) is 18.1 Å². The number of nitrogens with one attached hydrogen (secondary N) is 1. The van der Waals surface area contributed by atoms with E-state index in [1.54, 1.807) is 6.20 Å².